The summed E-state index contributed by atoms with van der Waals surface area (Å²) in [6, 6.07) is 5.90. The van der Waals surface area contributed by atoms with Crippen LogP contribution in [0.2, 0.25) is 0 Å². The third-order valence-corrected chi connectivity index (χ3v) is 2.93. The Hall–Kier alpha value is -1.37. The summed E-state index contributed by atoms with van der Waals surface area (Å²) in [7, 11) is 0. The second kappa shape index (κ2) is 4.25. The lowest BCUT2D eigenvalue weighted by atomic mass is 10.0. The minimum absolute atomic E-state index is 0.00981. The Morgan fingerprint density at radius 2 is 2.12 bits per heavy atom. The Balaban J connectivity index is 2.74. The molecule has 5 heteroatoms. The molecule has 0 fully saturated rings. The molecule has 0 aliphatic carbocycles. The number of carboxylic acids is 1. The summed E-state index contributed by atoms with van der Waals surface area (Å²) in [4.78, 5) is 11.0. The highest BCUT2D eigenvalue weighted by Gasteiger charge is 2.20. The number of hydrogen-bond donors (Lipinski definition) is 1. The molecule has 2 rings (SSSR count). The molecule has 0 unspecified atom stereocenters. The van der Waals surface area contributed by atoms with Crippen molar-refractivity contribution in [1.82, 2.24) is 0 Å². The standard InChI is InChI=1S/C11H6FIO3/c12-10-7(13)4-3-6(11(14)15)9(10)8-2-1-5-16-8/h1-5H,(H,14,15). The fourth-order valence-corrected chi connectivity index (χ4v) is 1.84. The average Bonchev–Trinajstić information content (AvgIpc) is 2.74. The van der Waals surface area contributed by atoms with E-state index < -0.39 is 11.8 Å². The first kappa shape index (κ1) is 11.1. The maximum atomic E-state index is 13.9. The fourth-order valence-electron chi connectivity index (χ4n) is 1.39. The van der Waals surface area contributed by atoms with Crippen molar-refractivity contribution >= 4 is 28.6 Å². The Morgan fingerprint density at radius 3 is 2.69 bits per heavy atom. The third-order valence-electron chi connectivity index (χ3n) is 2.09. The van der Waals surface area contributed by atoms with Gasteiger partial charge < -0.3 is 9.52 Å². The molecule has 0 aliphatic heterocycles. The van der Waals surface area contributed by atoms with Gasteiger partial charge in [-0.2, -0.15) is 0 Å². The minimum Gasteiger partial charge on any atom is -0.478 e. The van der Waals surface area contributed by atoms with Crippen LogP contribution < -0.4 is 0 Å². The second-order valence-electron chi connectivity index (χ2n) is 3.07. The van der Waals surface area contributed by atoms with Gasteiger partial charge in [0.1, 0.15) is 11.6 Å². The van der Waals surface area contributed by atoms with Gasteiger partial charge >= 0.3 is 5.97 Å². The van der Waals surface area contributed by atoms with Crippen LogP contribution in [0.3, 0.4) is 0 Å². The molecule has 0 bridgehead atoms. The van der Waals surface area contributed by atoms with Crippen LogP contribution in [0.5, 0.6) is 0 Å². The van der Waals surface area contributed by atoms with E-state index in [9.17, 15) is 9.18 Å². The van der Waals surface area contributed by atoms with Gasteiger partial charge in [-0.15, -0.1) is 0 Å². The zero-order chi connectivity index (χ0) is 11.7. The van der Waals surface area contributed by atoms with Crippen LogP contribution in [-0.2, 0) is 0 Å². The van der Waals surface area contributed by atoms with Crippen LogP contribution in [-0.4, -0.2) is 11.1 Å². The van der Waals surface area contributed by atoms with Crippen LogP contribution in [0.15, 0.2) is 34.9 Å². The topological polar surface area (TPSA) is 50.4 Å². The first-order chi connectivity index (χ1) is 7.61. The monoisotopic (exact) mass is 332 g/mol. The van der Waals surface area contributed by atoms with E-state index in [-0.39, 0.29) is 16.9 Å². The highest BCUT2D eigenvalue weighted by Crippen LogP contribution is 2.30. The molecule has 1 heterocycles. The zero-order valence-electron chi connectivity index (χ0n) is 7.91. The summed E-state index contributed by atoms with van der Waals surface area (Å²) in [5.41, 5.74) is -0.114. The summed E-state index contributed by atoms with van der Waals surface area (Å²) in [6.45, 7) is 0. The first-order valence-electron chi connectivity index (χ1n) is 4.36. The van der Waals surface area contributed by atoms with Gasteiger partial charge in [-0.1, -0.05) is 0 Å². The molecule has 0 saturated carbocycles. The summed E-state index contributed by atoms with van der Waals surface area (Å²) in [6.07, 6.45) is 1.38. The predicted molar refractivity (Wildman–Crippen MR) is 63.8 cm³/mol. The number of benzene rings is 1. The Labute approximate surface area is 104 Å². The number of aromatic carboxylic acids is 1. The van der Waals surface area contributed by atoms with Crippen LogP contribution in [0.25, 0.3) is 11.3 Å². The van der Waals surface area contributed by atoms with Gasteiger partial charge in [-0.05, 0) is 46.9 Å². The van der Waals surface area contributed by atoms with Gasteiger partial charge in [0.05, 0.1) is 17.4 Å². The van der Waals surface area contributed by atoms with Crippen molar-refractivity contribution < 1.29 is 18.7 Å². The number of carboxylic acid groups (broad SMARTS) is 1. The van der Waals surface area contributed by atoms with Gasteiger partial charge in [-0.3, -0.25) is 0 Å². The predicted octanol–water partition coefficient (Wildman–Crippen LogP) is 3.39. The van der Waals surface area contributed by atoms with E-state index in [0.29, 0.717) is 3.57 Å². The largest absolute Gasteiger partial charge is 0.478 e. The molecule has 2 aromatic rings. The van der Waals surface area contributed by atoms with Crippen molar-refractivity contribution in [2.24, 2.45) is 0 Å². The lowest BCUT2D eigenvalue weighted by Crippen LogP contribution is -2.02. The Morgan fingerprint density at radius 1 is 1.38 bits per heavy atom. The highest BCUT2D eigenvalue weighted by atomic mass is 127. The molecular formula is C11H6FIO3. The maximum Gasteiger partial charge on any atom is 0.336 e. The van der Waals surface area contributed by atoms with E-state index >= 15 is 0 Å². The maximum absolute atomic E-state index is 13.9. The number of halogens is 2. The number of carbonyl (C=O) groups is 1. The van der Waals surface area contributed by atoms with Gasteiger partial charge in [-0.25, -0.2) is 9.18 Å². The molecule has 3 nitrogen and oxygen atoms in total. The average molecular weight is 332 g/mol. The van der Waals surface area contributed by atoms with Gasteiger partial charge in [0, 0.05) is 3.57 Å². The normalized spacial score (nSPS) is 10.4. The zero-order valence-corrected chi connectivity index (χ0v) is 10.1. The summed E-state index contributed by atoms with van der Waals surface area (Å²) >= 11 is 1.81. The Kier molecular flexibility index (Phi) is 2.95. The van der Waals surface area contributed by atoms with Crippen LogP contribution in [0.1, 0.15) is 10.4 Å². The summed E-state index contributed by atoms with van der Waals surface area (Å²) < 4.78 is 19.2. The fraction of sp³-hybridized carbons (Fsp3) is 0. The molecule has 0 atom stereocenters. The molecule has 1 N–H and O–H groups in total. The van der Waals surface area contributed by atoms with E-state index in [2.05, 4.69) is 0 Å². The first-order valence-corrected chi connectivity index (χ1v) is 5.44. The van der Waals surface area contributed by atoms with Gasteiger partial charge in [0.25, 0.3) is 0 Å². The van der Waals surface area contributed by atoms with Gasteiger partial charge in [0.2, 0.25) is 0 Å². The molecule has 0 saturated heterocycles. The molecular weight excluding hydrogens is 326 g/mol. The molecule has 0 radical (unpaired) electrons. The summed E-state index contributed by atoms with van der Waals surface area (Å²) in [5, 5.41) is 8.97. The molecule has 82 valence electrons. The number of furan rings is 1. The van der Waals surface area contributed by atoms with E-state index in [1.54, 1.807) is 28.7 Å². The molecule has 0 aliphatic rings. The number of hydrogen-bond acceptors (Lipinski definition) is 2. The van der Waals surface area contributed by atoms with Crippen LogP contribution in [0.4, 0.5) is 4.39 Å². The van der Waals surface area contributed by atoms with Crippen molar-refractivity contribution in [2.75, 3.05) is 0 Å². The van der Waals surface area contributed by atoms with E-state index in [1.165, 1.54) is 24.5 Å². The molecule has 16 heavy (non-hydrogen) atoms. The van der Waals surface area contributed by atoms with E-state index in [1.807, 2.05) is 0 Å². The van der Waals surface area contributed by atoms with Gasteiger partial charge in [0.15, 0.2) is 0 Å². The van der Waals surface area contributed by atoms with Crippen molar-refractivity contribution in [2.45, 2.75) is 0 Å². The quantitative estimate of drug-likeness (QED) is 0.858. The van der Waals surface area contributed by atoms with Crippen LogP contribution in [0, 0.1) is 9.39 Å². The second-order valence-corrected chi connectivity index (χ2v) is 4.23. The molecule has 0 amide bonds. The SMILES string of the molecule is O=C(O)c1ccc(I)c(F)c1-c1ccco1. The smallest absolute Gasteiger partial charge is 0.336 e. The third kappa shape index (κ3) is 1.82. The van der Waals surface area contributed by atoms with Crippen molar-refractivity contribution in [3.8, 4) is 11.3 Å². The highest BCUT2D eigenvalue weighted by molar-refractivity contribution is 14.1. The van der Waals surface area contributed by atoms with E-state index in [0.717, 1.165) is 0 Å². The lowest BCUT2D eigenvalue weighted by Gasteiger charge is -2.06. The van der Waals surface area contributed by atoms with Crippen LogP contribution >= 0.6 is 22.6 Å². The summed E-state index contributed by atoms with van der Waals surface area (Å²) in [5.74, 6) is -1.54. The molecule has 1 aromatic heterocycles. The Bertz CT molecular complexity index is 534. The van der Waals surface area contributed by atoms with E-state index in [4.69, 9.17) is 9.52 Å². The van der Waals surface area contributed by atoms with Crippen molar-refractivity contribution in [1.29, 1.82) is 0 Å². The molecule has 1 aromatic carbocycles. The van der Waals surface area contributed by atoms with Crippen molar-refractivity contribution in [3.05, 3.63) is 45.5 Å². The van der Waals surface area contributed by atoms with Crippen molar-refractivity contribution in [3.63, 3.8) is 0 Å². The lowest BCUT2D eigenvalue weighted by molar-refractivity contribution is 0.0697. The number of rotatable bonds is 2. The minimum atomic E-state index is -1.18. The molecule has 0 spiro atoms.